The smallest absolute Gasteiger partial charge is 0.251 e. The molecule has 0 radical (unpaired) electrons. The third-order valence-electron chi connectivity index (χ3n) is 4.65. The van der Waals surface area contributed by atoms with E-state index >= 15 is 0 Å². The lowest BCUT2D eigenvalue weighted by molar-refractivity contribution is 0.0932. The van der Waals surface area contributed by atoms with Gasteiger partial charge in [0.05, 0.1) is 6.04 Å². The van der Waals surface area contributed by atoms with Gasteiger partial charge in [0.1, 0.15) is 0 Å². The Morgan fingerprint density at radius 1 is 0.931 bits per heavy atom. The molecule has 0 heterocycles. The lowest BCUT2D eigenvalue weighted by Gasteiger charge is -2.21. The van der Waals surface area contributed by atoms with Gasteiger partial charge in [0.25, 0.3) is 5.91 Å². The minimum Gasteiger partial charge on any atom is -0.345 e. The molecule has 1 unspecified atom stereocenters. The molecule has 3 rings (SSSR count). The maximum atomic E-state index is 12.8. The monoisotopic (exact) mass is 423 g/mol. The molecule has 0 aliphatic heterocycles. The van der Waals surface area contributed by atoms with Crippen LogP contribution < -0.4 is 5.32 Å². The lowest BCUT2D eigenvalue weighted by Crippen LogP contribution is -2.29. The fourth-order valence-corrected chi connectivity index (χ4v) is 4.11. The molecular formula is C25H26ClNOS. The first-order chi connectivity index (χ1) is 14.0. The van der Waals surface area contributed by atoms with Crippen LogP contribution in [0.25, 0.3) is 0 Å². The van der Waals surface area contributed by atoms with E-state index in [2.05, 4.69) is 31.3 Å². The molecule has 0 aliphatic carbocycles. The molecular weight excluding hydrogens is 398 g/mol. The van der Waals surface area contributed by atoms with E-state index in [1.54, 1.807) is 11.8 Å². The fraction of sp³-hybridized carbons (Fsp3) is 0.240. The molecule has 1 amide bonds. The van der Waals surface area contributed by atoms with Crippen LogP contribution in [-0.2, 0) is 5.75 Å². The first kappa shape index (κ1) is 21.5. The molecule has 150 valence electrons. The highest BCUT2D eigenvalue weighted by atomic mass is 35.5. The molecule has 2 nitrogen and oxygen atoms in total. The maximum Gasteiger partial charge on any atom is 0.251 e. The zero-order chi connectivity index (χ0) is 20.6. The molecule has 4 heteroatoms. The van der Waals surface area contributed by atoms with Crippen LogP contribution in [0.4, 0.5) is 0 Å². The number of hydrogen-bond acceptors (Lipinski definition) is 2. The van der Waals surface area contributed by atoms with Gasteiger partial charge in [-0.2, -0.15) is 0 Å². The Balaban J connectivity index is 1.62. The summed E-state index contributed by atoms with van der Waals surface area (Å²) in [6, 6.07) is 25.9. The lowest BCUT2D eigenvalue weighted by atomic mass is 9.96. The van der Waals surface area contributed by atoms with E-state index in [0.29, 0.717) is 11.5 Å². The number of thioether (sulfide) groups is 1. The number of amides is 1. The molecule has 0 fully saturated rings. The Morgan fingerprint density at radius 2 is 1.59 bits per heavy atom. The second kappa shape index (κ2) is 10.5. The van der Waals surface area contributed by atoms with Gasteiger partial charge in [0, 0.05) is 21.2 Å². The summed E-state index contributed by atoms with van der Waals surface area (Å²) in [5.74, 6) is 1.31. The van der Waals surface area contributed by atoms with Gasteiger partial charge in [0.15, 0.2) is 0 Å². The molecule has 0 bridgehead atoms. The second-order valence-electron chi connectivity index (χ2n) is 7.51. The van der Waals surface area contributed by atoms with Crippen molar-refractivity contribution < 1.29 is 4.79 Å². The van der Waals surface area contributed by atoms with Crippen LogP contribution in [0.2, 0.25) is 5.02 Å². The van der Waals surface area contributed by atoms with Crippen molar-refractivity contribution in [3.8, 4) is 0 Å². The molecule has 3 aromatic carbocycles. The van der Waals surface area contributed by atoms with Crippen LogP contribution in [0.3, 0.4) is 0 Å². The number of halogens is 1. The van der Waals surface area contributed by atoms with Gasteiger partial charge in [-0.25, -0.2) is 0 Å². The maximum absolute atomic E-state index is 12.8. The summed E-state index contributed by atoms with van der Waals surface area (Å²) in [5, 5.41) is 3.95. The molecule has 0 aliphatic rings. The third kappa shape index (κ3) is 6.66. The molecule has 0 aromatic heterocycles. The first-order valence-corrected chi connectivity index (χ1v) is 11.2. The van der Waals surface area contributed by atoms with Gasteiger partial charge in [-0.1, -0.05) is 67.9 Å². The largest absolute Gasteiger partial charge is 0.345 e. The predicted octanol–water partition coefficient (Wildman–Crippen LogP) is 7.15. The average molecular weight is 424 g/mol. The normalized spacial score (nSPS) is 12.0. The van der Waals surface area contributed by atoms with Crippen LogP contribution in [0.1, 0.15) is 47.8 Å². The van der Waals surface area contributed by atoms with E-state index in [4.69, 9.17) is 11.6 Å². The van der Waals surface area contributed by atoms with Crippen LogP contribution in [0, 0.1) is 5.92 Å². The van der Waals surface area contributed by atoms with Crippen molar-refractivity contribution in [2.24, 2.45) is 5.92 Å². The number of nitrogens with one attached hydrogen (secondary N) is 1. The van der Waals surface area contributed by atoms with Crippen molar-refractivity contribution >= 4 is 29.3 Å². The Labute approximate surface area is 182 Å². The molecule has 0 spiro atoms. The van der Waals surface area contributed by atoms with E-state index in [1.165, 1.54) is 10.5 Å². The van der Waals surface area contributed by atoms with E-state index in [9.17, 15) is 4.79 Å². The van der Waals surface area contributed by atoms with Gasteiger partial charge in [-0.05, 0) is 59.9 Å². The van der Waals surface area contributed by atoms with E-state index in [0.717, 1.165) is 22.8 Å². The highest BCUT2D eigenvalue weighted by Gasteiger charge is 2.17. The molecule has 1 atom stereocenters. The van der Waals surface area contributed by atoms with Gasteiger partial charge >= 0.3 is 0 Å². The van der Waals surface area contributed by atoms with E-state index < -0.39 is 0 Å². The number of hydrogen-bond donors (Lipinski definition) is 1. The predicted molar refractivity (Wildman–Crippen MR) is 124 cm³/mol. The Hall–Kier alpha value is -2.23. The molecule has 3 aromatic rings. The Bertz CT molecular complexity index is 908. The van der Waals surface area contributed by atoms with Crippen molar-refractivity contribution in [2.45, 2.75) is 37.0 Å². The summed E-state index contributed by atoms with van der Waals surface area (Å²) in [7, 11) is 0. The fourth-order valence-electron chi connectivity index (χ4n) is 3.13. The second-order valence-corrected chi connectivity index (χ2v) is 8.99. The van der Waals surface area contributed by atoms with Crippen molar-refractivity contribution in [1.82, 2.24) is 5.32 Å². The SMILES string of the molecule is CC(C)CC(NC(=O)c1ccc(CSc2ccc(Cl)cc2)cc1)c1ccccc1. The minimum atomic E-state index is -0.0311. The van der Waals surface area contributed by atoms with E-state index in [-0.39, 0.29) is 11.9 Å². The van der Waals surface area contributed by atoms with Gasteiger partial charge in [-0.3, -0.25) is 4.79 Å². The summed E-state index contributed by atoms with van der Waals surface area (Å²) in [4.78, 5) is 14.0. The molecule has 0 saturated carbocycles. The summed E-state index contributed by atoms with van der Waals surface area (Å²) in [5.41, 5.74) is 3.02. The molecule has 0 saturated heterocycles. The van der Waals surface area contributed by atoms with Gasteiger partial charge in [0.2, 0.25) is 0 Å². The summed E-state index contributed by atoms with van der Waals surface area (Å²) < 4.78 is 0. The summed E-state index contributed by atoms with van der Waals surface area (Å²) in [6.45, 7) is 4.35. The zero-order valence-electron chi connectivity index (χ0n) is 16.8. The quantitative estimate of drug-likeness (QED) is 0.390. The zero-order valence-corrected chi connectivity index (χ0v) is 18.3. The first-order valence-electron chi connectivity index (χ1n) is 9.84. The average Bonchev–Trinajstić information content (AvgIpc) is 2.73. The highest BCUT2D eigenvalue weighted by Crippen LogP contribution is 2.25. The van der Waals surface area contributed by atoms with Gasteiger partial charge < -0.3 is 5.32 Å². The number of carbonyl (C=O) groups is 1. The Morgan fingerprint density at radius 3 is 2.21 bits per heavy atom. The third-order valence-corrected chi connectivity index (χ3v) is 5.98. The number of benzene rings is 3. The highest BCUT2D eigenvalue weighted by molar-refractivity contribution is 7.98. The van der Waals surface area contributed by atoms with Crippen LogP contribution >= 0.6 is 23.4 Å². The van der Waals surface area contributed by atoms with Crippen molar-refractivity contribution in [2.75, 3.05) is 0 Å². The standard InChI is InChI=1S/C25H26ClNOS/c1-18(2)16-24(20-6-4-3-5-7-20)27-25(28)21-10-8-19(9-11-21)17-29-23-14-12-22(26)13-15-23/h3-15,18,24H,16-17H2,1-2H3,(H,27,28). The van der Waals surface area contributed by atoms with Crippen molar-refractivity contribution in [3.05, 3.63) is 101 Å². The van der Waals surface area contributed by atoms with Crippen molar-refractivity contribution in [1.29, 1.82) is 0 Å². The van der Waals surface area contributed by atoms with Crippen LogP contribution in [0.5, 0.6) is 0 Å². The van der Waals surface area contributed by atoms with Gasteiger partial charge in [-0.15, -0.1) is 11.8 Å². The summed E-state index contributed by atoms with van der Waals surface area (Å²) in [6.07, 6.45) is 0.908. The van der Waals surface area contributed by atoms with E-state index in [1.807, 2.05) is 66.7 Å². The van der Waals surface area contributed by atoms with Crippen LogP contribution in [0.15, 0.2) is 83.8 Å². The number of carbonyl (C=O) groups excluding carboxylic acids is 1. The van der Waals surface area contributed by atoms with Crippen LogP contribution in [-0.4, -0.2) is 5.91 Å². The Kier molecular flexibility index (Phi) is 7.79. The topological polar surface area (TPSA) is 29.1 Å². The molecule has 29 heavy (non-hydrogen) atoms. The molecule has 1 N–H and O–H groups in total. The number of rotatable bonds is 8. The summed E-state index contributed by atoms with van der Waals surface area (Å²) >= 11 is 7.68. The van der Waals surface area contributed by atoms with Crippen molar-refractivity contribution in [3.63, 3.8) is 0 Å². The minimum absolute atomic E-state index is 0.0174.